The third-order valence-corrected chi connectivity index (χ3v) is 2.56. The number of carbonyl (C=O) groups is 1. The first-order chi connectivity index (χ1) is 9.44. The average molecular weight is 276 g/mol. The smallest absolute Gasteiger partial charge is 0.422 e. The zero-order valence-electron chi connectivity index (χ0n) is 12.0. The van der Waals surface area contributed by atoms with Crippen LogP contribution in [-0.2, 0) is 11.2 Å². The Balaban J connectivity index is 1.74. The number of hydrogen-bond donors (Lipinski definition) is 2. The van der Waals surface area contributed by atoms with Crippen molar-refractivity contribution in [3.63, 3.8) is 0 Å². The fraction of sp³-hybridized carbons (Fsp3) is 0.400. The molecule has 0 spiro atoms. The van der Waals surface area contributed by atoms with Gasteiger partial charge < -0.3 is 9.15 Å². The van der Waals surface area contributed by atoms with Gasteiger partial charge in [-0.3, -0.25) is 5.43 Å². The molecule has 0 aliphatic rings. The number of fused-ring (bicyclic) bond motifs is 1. The minimum absolute atomic E-state index is 0.484. The molecule has 20 heavy (non-hydrogen) atoms. The number of para-hydroxylation sites is 1. The summed E-state index contributed by atoms with van der Waals surface area (Å²) in [7, 11) is 0. The van der Waals surface area contributed by atoms with E-state index in [9.17, 15) is 4.79 Å². The van der Waals surface area contributed by atoms with Gasteiger partial charge in [0.2, 0.25) is 0 Å². The van der Waals surface area contributed by atoms with Crippen LogP contribution in [-0.4, -0.2) is 18.2 Å². The number of ether oxygens (including phenoxy) is 1. The fourth-order valence-corrected chi connectivity index (χ4v) is 1.78. The largest absolute Gasteiger partial charge is 0.461 e. The highest BCUT2D eigenvalue weighted by Crippen LogP contribution is 2.18. The van der Waals surface area contributed by atoms with Crippen LogP contribution in [0.25, 0.3) is 11.0 Å². The van der Waals surface area contributed by atoms with Crippen LogP contribution in [0.1, 0.15) is 26.5 Å². The zero-order chi connectivity index (χ0) is 14.6. The third-order valence-electron chi connectivity index (χ3n) is 2.56. The number of nitrogens with one attached hydrogen (secondary N) is 2. The Labute approximate surface area is 118 Å². The number of rotatable bonds is 4. The first-order valence-corrected chi connectivity index (χ1v) is 6.63. The van der Waals surface area contributed by atoms with Gasteiger partial charge in [0.25, 0.3) is 0 Å². The summed E-state index contributed by atoms with van der Waals surface area (Å²) in [6.45, 7) is 6.03. The molecule has 0 bridgehead atoms. The van der Waals surface area contributed by atoms with Crippen LogP contribution in [0.5, 0.6) is 0 Å². The molecule has 2 N–H and O–H groups in total. The van der Waals surface area contributed by atoms with Crippen LogP contribution in [0.3, 0.4) is 0 Å². The molecule has 1 amide bonds. The zero-order valence-corrected chi connectivity index (χ0v) is 12.0. The van der Waals surface area contributed by atoms with E-state index in [0.717, 1.165) is 16.7 Å². The molecular formula is C15H20N2O3. The number of furan rings is 1. The SMILES string of the molecule is CC(C)(C)OC(=O)NNCCc1cc2ccccc2o1. The second kappa shape index (κ2) is 5.96. The van der Waals surface area contributed by atoms with Gasteiger partial charge in [0.05, 0.1) is 0 Å². The lowest BCUT2D eigenvalue weighted by Gasteiger charge is -2.19. The number of hydrazine groups is 1. The monoisotopic (exact) mass is 276 g/mol. The summed E-state index contributed by atoms with van der Waals surface area (Å²) in [5.41, 5.74) is 5.69. The van der Waals surface area contributed by atoms with Gasteiger partial charge in [0.1, 0.15) is 16.9 Å². The summed E-state index contributed by atoms with van der Waals surface area (Å²) < 4.78 is 10.8. The van der Waals surface area contributed by atoms with Crippen molar-refractivity contribution < 1.29 is 13.9 Å². The van der Waals surface area contributed by atoms with Gasteiger partial charge in [-0.1, -0.05) is 18.2 Å². The molecule has 0 unspecified atom stereocenters. The maximum Gasteiger partial charge on any atom is 0.422 e. The lowest BCUT2D eigenvalue weighted by atomic mass is 10.2. The van der Waals surface area contributed by atoms with E-state index in [4.69, 9.17) is 9.15 Å². The van der Waals surface area contributed by atoms with Crippen LogP contribution >= 0.6 is 0 Å². The Morgan fingerprint density at radius 1 is 1.30 bits per heavy atom. The third kappa shape index (κ3) is 4.28. The molecular weight excluding hydrogens is 256 g/mol. The van der Waals surface area contributed by atoms with E-state index in [1.165, 1.54) is 0 Å². The van der Waals surface area contributed by atoms with Gasteiger partial charge in [-0.15, -0.1) is 0 Å². The van der Waals surface area contributed by atoms with Crippen molar-refractivity contribution in [1.29, 1.82) is 0 Å². The first-order valence-electron chi connectivity index (χ1n) is 6.63. The van der Waals surface area contributed by atoms with Gasteiger partial charge in [0, 0.05) is 18.4 Å². The lowest BCUT2D eigenvalue weighted by molar-refractivity contribution is 0.0498. The minimum Gasteiger partial charge on any atom is -0.461 e. The van der Waals surface area contributed by atoms with Gasteiger partial charge in [-0.2, -0.15) is 0 Å². The van der Waals surface area contributed by atoms with Crippen molar-refractivity contribution in [1.82, 2.24) is 10.9 Å². The summed E-state index contributed by atoms with van der Waals surface area (Å²) in [4.78, 5) is 11.4. The van der Waals surface area contributed by atoms with Gasteiger partial charge in [-0.05, 0) is 32.9 Å². The number of amides is 1. The molecule has 0 saturated heterocycles. The number of hydrogen-bond acceptors (Lipinski definition) is 4. The molecule has 5 nitrogen and oxygen atoms in total. The average Bonchev–Trinajstić information content (AvgIpc) is 2.75. The van der Waals surface area contributed by atoms with E-state index < -0.39 is 11.7 Å². The molecule has 1 aromatic carbocycles. The molecule has 5 heteroatoms. The Bertz CT molecular complexity index is 551. The van der Waals surface area contributed by atoms with Crippen LogP contribution in [0.15, 0.2) is 34.7 Å². The van der Waals surface area contributed by atoms with E-state index >= 15 is 0 Å². The highest BCUT2D eigenvalue weighted by Gasteiger charge is 2.15. The lowest BCUT2D eigenvalue weighted by Crippen LogP contribution is -2.41. The van der Waals surface area contributed by atoms with Crippen molar-refractivity contribution >= 4 is 17.1 Å². The van der Waals surface area contributed by atoms with Gasteiger partial charge >= 0.3 is 6.09 Å². The van der Waals surface area contributed by atoms with E-state index in [1.54, 1.807) is 0 Å². The Morgan fingerprint density at radius 3 is 2.75 bits per heavy atom. The number of benzene rings is 1. The summed E-state index contributed by atoms with van der Waals surface area (Å²) >= 11 is 0. The maximum atomic E-state index is 11.4. The maximum absolute atomic E-state index is 11.4. The second-order valence-corrected chi connectivity index (χ2v) is 5.55. The summed E-state index contributed by atoms with van der Waals surface area (Å²) in [5, 5.41) is 1.09. The van der Waals surface area contributed by atoms with Crippen LogP contribution in [0.2, 0.25) is 0 Å². The molecule has 0 aliphatic carbocycles. The van der Waals surface area contributed by atoms with Gasteiger partial charge in [-0.25, -0.2) is 10.2 Å². The van der Waals surface area contributed by atoms with E-state index in [-0.39, 0.29) is 0 Å². The van der Waals surface area contributed by atoms with Crippen LogP contribution < -0.4 is 10.9 Å². The quantitative estimate of drug-likeness (QED) is 0.665. The van der Waals surface area contributed by atoms with Crippen LogP contribution in [0, 0.1) is 0 Å². The van der Waals surface area contributed by atoms with Crippen LogP contribution in [0.4, 0.5) is 4.79 Å². The van der Waals surface area contributed by atoms with Crippen molar-refractivity contribution in [2.75, 3.05) is 6.54 Å². The summed E-state index contributed by atoms with van der Waals surface area (Å²) in [5.74, 6) is 0.879. The van der Waals surface area contributed by atoms with Gasteiger partial charge in [0.15, 0.2) is 0 Å². The normalized spacial score (nSPS) is 11.6. The molecule has 1 heterocycles. The molecule has 2 aromatic rings. The van der Waals surface area contributed by atoms with E-state index in [0.29, 0.717) is 13.0 Å². The van der Waals surface area contributed by atoms with E-state index in [2.05, 4.69) is 10.9 Å². The van der Waals surface area contributed by atoms with Crippen molar-refractivity contribution in [2.24, 2.45) is 0 Å². The fourth-order valence-electron chi connectivity index (χ4n) is 1.78. The van der Waals surface area contributed by atoms with Crippen molar-refractivity contribution in [3.8, 4) is 0 Å². The number of carbonyl (C=O) groups excluding carboxylic acids is 1. The molecule has 1 aromatic heterocycles. The molecule has 0 atom stereocenters. The topological polar surface area (TPSA) is 63.5 Å². The minimum atomic E-state index is -0.496. The van der Waals surface area contributed by atoms with Crippen molar-refractivity contribution in [3.05, 3.63) is 36.1 Å². The summed E-state index contributed by atoms with van der Waals surface area (Å²) in [6.07, 6.45) is 0.201. The Hall–Kier alpha value is -2.01. The molecule has 0 aliphatic heterocycles. The second-order valence-electron chi connectivity index (χ2n) is 5.55. The first kappa shape index (κ1) is 14.4. The molecule has 2 rings (SSSR count). The molecule has 0 fully saturated rings. The molecule has 0 saturated carbocycles. The Morgan fingerprint density at radius 2 is 2.05 bits per heavy atom. The highest BCUT2D eigenvalue weighted by atomic mass is 16.6. The Kier molecular flexibility index (Phi) is 4.29. The predicted octanol–water partition coefficient (Wildman–Crippen LogP) is 3.00. The molecule has 108 valence electrons. The van der Waals surface area contributed by atoms with E-state index in [1.807, 2.05) is 51.1 Å². The highest BCUT2D eigenvalue weighted by molar-refractivity contribution is 5.77. The standard InChI is InChI=1S/C15H20N2O3/c1-15(2,3)20-14(18)17-16-9-8-12-10-11-6-4-5-7-13(11)19-12/h4-7,10,16H,8-9H2,1-3H3,(H,17,18). The molecule has 0 radical (unpaired) electrons. The van der Waals surface area contributed by atoms with Crippen molar-refractivity contribution in [2.45, 2.75) is 32.8 Å². The summed E-state index contributed by atoms with van der Waals surface area (Å²) in [6, 6.07) is 9.87. The predicted molar refractivity (Wildman–Crippen MR) is 77.3 cm³/mol.